The second-order valence-corrected chi connectivity index (χ2v) is 6.14. The Bertz CT molecular complexity index is 664. The van der Waals surface area contributed by atoms with Crippen molar-refractivity contribution >= 4 is 5.91 Å². The first-order chi connectivity index (χ1) is 10.6. The lowest BCUT2D eigenvalue weighted by Crippen LogP contribution is -2.40. The molecule has 3 rings (SSSR count). The number of hydrogen-bond donors (Lipinski definition) is 0. The van der Waals surface area contributed by atoms with Crippen LogP contribution >= 0.6 is 0 Å². The molecule has 1 aliphatic rings. The van der Waals surface area contributed by atoms with Crippen LogP contribution in [0, 0.1) is 12.8 Å². The molecule has 0 radical (unpaired) electrons. The summed E-state index contributed by atoms with van der Waals surface area (Å²) in [6.45, 7) is 3.66. The van der Waals surface area contributed by atoms with E-state index in [-0.39, 0.29) is 5.91 Å². The number of carbonyl (C=O) groups excluding carboxylic acids is 1. The maximum Gasteiger partial charge on any atom is 0.257 e. The first kappa shape index (κ1) is 14.8. The third-order valence-electron chi connectivity index (χ3n) is 4.20. The fourth-order valence-electron chi connectivity index (χ4n) is 3.14. The van der Waals surface area contributed by atoms with Crippen LogP contribution in [0.1, 0.15) is 34.6 Å². The Morgan fingerprint density at radius 1 is 1.41 bits per heavy atom. The van der Waals surface area contributed by atoms with Crippen LogP contribution in [0.25, 0.3) is 0 Å². The third kappa shape index (κ3) is 3.35. The number of carbonyl (C=O) groups is 1. The fourth-order valence-corrected chi connectivity index (χ4v) is 3.14. The van der Waals surface area contributed by atoms with Gasteiger partial charge in [-0.1, -0.05) is 6.07 Å². The van der Waals surface area contributed by atoms with E-state index < -0.39 is 0 Å². The molecule has 0 unspecified atom stereocenters. The molecule has 0 aromatic carbocycles. The highest BCUT2D eigenvalue weighted by Crippen LogP contribution is 2.21. The molecule has 2 aromatic heterocycles. The zero-order valence-electron chi connectivity index (χ0n) is 13.2. The van der Waals surface area contributed by atoms with Crippen molar-refractivity contribution < 1.29 is 4.79 Å². The maximum atomic E-state index is 12.5. The number of hydrogen-bond acceptors (Lipinski definition) is 3. The molecule has 1 amide bonds. The van der Waals surface area contributed by atoms with Crippen LogP contribution in [0.15, 0.2) is 30.6 Å². The van der Waals surface area contributed by atoms with Crippen LogP contribution in [-0.2, 0) is 13.5 Å². The van der Waals surface area contributed by atoms with Crippen LogP contribution < -0.4 is 0 Å². The van der Waals surface area contributed by atoms with Crippen molar-refractivity contribution in [3.05, 3.63) is 47.5 Å². The minimum atomic E-state index is 0.0926. The van der Waals surface area contributed by atoms with Crippen molar-refractivity contribution in [2.75, 3.05) is 13.1 Å². The summed E-state index contributed by atoms with van der Waals surface area (Å²) in [5.41, 5.74) is 2.86. The van der Waals surface area contributed by atoms with Crippen molar-refractivity contribution in [3.8, 4) is 0 Å². The van der Waals surface area contributed by atoms with Crippen LogP contribution in [0.2, 0.25) is 0 Å². The molecule has 22 heavy (non-hydrogen) atoms. The Morgan fingerprint density at radius 2 is 2.27 bits per heavy atom. The molecule has 1 fully saturated rings. The average Bonchev–Trinajstić information content (AvgIpc) is 2.93. The summed E-state index contributed by atoms with van der Waals surface area (Å²) in [4.78, 5) is 19.1. The predicted molar refractivity (Wildman–Crippen MR) is 84.5 cm³/mol. The van der Waals surface area contributed by atoms with Gasteiger partial charge < -0.3 is 4.90 Å². The average molecular weight is 298 g/mol. The van der Waals surface area contributed by atoms with E-state index in [2.05, 4.69) is 22.2 Å². The zero-order chi connectivity index (χ0) is 15.5. The van der Waals surface area contributed by atoms with Crippen molar-refractivity contribution in [3.63, 3.8) is 0 Å². The smallest absolute Gasteiger partial charge is 0.257 e. The van der Waals surface area contributed by atoms with Crippen molar-refractivity contribution in [2.24, 2.45) is 13.0 Å². The minimum absolute atomic E-state index is 0.0926. The number of aromatic nitrogens is 3. The van der Waals surface area contributed by atoms with Gasteiger partial charge in [-0.05, 0) is 44.2 Å². The molecule has 5 nitrogen and oxygen atoms in total. The number of pyridine rings is 1. The number of amides is 1. The first-order valence-corrected chi connectivity index (χ1v) is 7.82. The lowest BCUT2D eigenvalue weighted by atomic mass is 9.93. The summed E-state index contributed by atoms with van der Waals surface area (Å²) in [7, 11) is 1.83. The van der Waals surface area contributed by atoms with E-state index in [0.717, 1.165) is 43.7 Å². The topological polar surface area (TPSA) is 51.0 Å². The number of aryl methyl sites for hydroxylation is 2. The molecule has 0 saturated carbocycles. The Hall–Kier alpha value is -2.17. The highest BCUT2D eigenvalue weighted by molar-refractivity contribution is 5.93. The summed E-state index contributed by atoms with van der Waals surface area (Å²) in [6.07, 6.45) is 6.59. The molecule has 0 bridgehead atoms. The van der Waals surface area contributed by atoms with Crippen molar-refractivity contribution in [1.29, 1.82) is 0 Å². The quantitative estimate of drug-likeness (QED) is 0.873. The zero-order valence-corrected chi connectivity index (χ0v) is 13.2. The summed E-state index contributed by atoms with van der Waals surface area (Å²) in [5, 5.41) is 4.09. The van der Waals surface area contributed by atoms with Gasteiger partial charge in [0, 0.05) is 37.7 Å². The highest BCUT2D eigenvalue weighted by atomic mass is 16.2. The first-order valence-electron chi connectivity index (χ1n) is 7.82. The summed E-state index contributed by atoms with van der Waals surface area (Å²) in [5.74, 6) is 0.582. The lowest BCUT2D eigenvalue weighted by Gasteiger charge is -2.32. The van der Waals surface area contributed by atoms with E-state index in [9.17, 15) is 4.79 Å². The van der Waals surface area contributed by atoms with Gasteiger partial charge in [-0.2, -0.15) is 5.10 Å². The van der Waals surface area contributed by atoms with E-state index in [1.54, 1.807) is 17.1 Å². The standard InChI is InChI=1S/C17H22N4O/c1-13-5-3-7-16(19-13)9-14-6-4-8-21(11-14)17(22)15-10-18-20(2)12-15/h3,5,7,10,12,14H,4,6,8-9,11H2,1-2H3/t14-/m1/s1. The van der Waals surface area contributed by atoms with E-state index in [1.807, 2.05) is 24.9 Å². The van der Waals surface area contributed by atoms with Gasteiger partial charge in [0.1, 0.15) is 0 Å². The summed E-state index contributed by atoms with van der Waals surface area (Å²) in [6, 6.07) is 6.15. The van der Waals surface area contributed by atoms with Gasteiger partial charge in [0.15, 0.2) is 0 Å². The van der Waals surface area contributed by atoms with Crippen molar-refractivity contribution in [1.82, 2.24) is 19.7 Å². The van der Waals surface area contributed by atoms with Gasteiger partial charge in [-0.25, -0.2) is 0 Å². The largest absolute Gasteiger partial charge is 0.338 e. The molecule has 0 spiro atoms. The van der Waals surface area contributed by atoms with E-state index in [4.69, 9.17) is 0 Å². The molecule has 1 atom stereocenters. The monoisotopic (exact) mass is 298 g/mol. The van der Waals surface area contributed by atoms with Gasteiger partial charge >= 0.3 is 0 Å². The molecule has 5 heteroatoms. The van der Waals surface area contributed by atoms with Gasteiger partial charge in [-0.3, -0.25) is 14.5 Å². The lowest BCUT2D eigenvalue weighted by molar-refractivity contribution is 0.0672. The Kier molecular flexibility index (Phi) is 4.22. The second-order valence-electron chi connectivity index (χ2n) is 6.14. The van der Waals surface area contributed by atoms with Crippen LogP contribution in [0.5, 0.6) is 0 Å². The van der Waals surface area contributed by atoms with Crippen molar-refractivity contribution in [2.45, 2.75) is 26.2 Å². The molecular weight excluding hydrogens is 276 g/mol. The number of piperidine rings is 1. The highest BCUT2D eigenvalue weighted by Gasteiger charge is 2.25. The maximum absolute atomic E-state index is 12.5. The summed E-state index contributed by atoms with van der Waals surface area (Å²) < 4.78 is 1.67. The molecular formula is C17H22N4O. The summed E-state index contributed by atoms with van der Waals surface area (Å²) >= 11 is 0. The van der Waals surface area contributed by atoms with Gasteiger partial charge in [-0.15, -0.1) is 0 Å². The Labute approximate surface area is 131 Å². The Morgan fingerprint density at radius 3 is 3.00 bits per heavy atom. The van der Waals surface area contributed by atoms with E-state index >= 15 is 0 Å². The normalized spacial score (nSPS) is 18.5. The molecule has 1 saturated heterocycles. The SMILES string of the molecule is Cc1cccc(C[C@H]2CCCN(C(=O)c3cnn(C)c3)C2)n1. The van der Waals surface area contributed by atoms with E-state index in [0.29, 0.717) is 11.5 Å². The van der Waals surface area contributed by atoms with Gasteiger partial charge in [0.05, 0.1) is 11.8 Å². The minimum Gasteiger partial charge on any atom is -0.338 e. The molecule has 2 aromatic rings. The molecule has 0 N–H and O–H groups in total. The number of likely N-dealkylation sites (tertiary alicyclic amines) is 1. The van der Waals surface area contributed by atoms with Gasteiger partial charge in [0.25, 0.3) is 5.91 Å². The molecule has 116 valence electrons. The fraction of sp³-hybridized carbons (Fsp3) is 0.471. The van der Waals surface area contributed by atoms with Crippen LogP contribution in [-0.4, -0.2) is 38.7 Å². The van der Waals surface area contributed by atoms with E-state index in [1.165, 1.54) is 0 Å². The Balaban J connectivity index is 1.65. The molecule has 3 heterocycles. The molecule has 1 aliphatic heterocycles. The third-order valence-corrected chi connectivity index (χ3v) is 4.20. The van der Waals surface area contributed by atoms with Crippen LogP contribution in [0.4, 0.5) is 0 Å². The van der Waals surface area contributed by atoms with Crippen LogP contribution in [0.3, 0.4) is 0 Å². The number of nitrogens with zero attached hydrogens (tertiary/aromatic N) is 4. The van der Waals surface area contributed by atoms with Gasteiger partial charge in [0.2, 0.25) is 0 Å². The second kappa shape index (κ2) is 6.30. The number of rotatable bonds is 3. The predicted octanol–water partition coefficient (Wildman–Crippen LogP) is 2.22. The molecule has 0 aliphatic carbocycles.